The van der Waals surface area contributed by atoms with E-state index >= 15 is 0 Å². The summed E-state index contributed by atoms with van der Waals surface area (Å²) in [5, 5.41) is 12.5. The Morgan fingerprint density at radius 1 is 1.40 bits per heavy atom. The number of sulfonamides is 1. The second-order valence-corrected chi connectivity index (χ2v) is 6.41. The Labute approximate surface area is 118 Å². The van der Waals surface area contributed by atoms with E-state index in [-0.39, 0.29) is 4.90 Å². The van der Waals surface area contributed by atoms with Gasteiger partial charge in [0.15, 0.2) is 0 Å². The molecule has 20 heavy (non-hydrogen) atoms. The van der Waals surface area contributed by atoms with Crippen molar-refractivity contribution in [2.75, 3.05) is 5.32 Å². The fourth-order valence-corrected chi connectivity index (χ4v) is 2.30. The van der Waals surface area contributed by atoms with Crippen LogP contribution >= 0.6 is 0 Å². The lowest BCUT2D eigenvalue weighted by Crippen LogP contribution is -2.12. The molecule has 0 atom stereocenters. The van der Waals surface area contributed by atoms with Gasteiger partial charge in [-0.2, -0.15) is 5.10 Å². The molecule has 1 aromatic carbocycles. The van der Waals surface area contributed by atoms with Gasteiger partial charge in [-0.3, -0.25) is 4.68 Å². The molecule has 0 unspecified atom stereocenters. The zero-order valence-corrected chi connectivity index (χ0v) is 12.3. The van der Waals surface area contributed by atoms with Gasteiger partial charge < -0.3 is 5.32 Å². The first-order valence-corrected chi connectivity index (χ1v) is 7.80. The van der Waals surface area contributed by atoms with E-state index in [2.05, 4.69) is 24.3 Å². The molecule has 0 bridgehead atoms. The summed E-state index contributed by atoms with van der Waals surface area (Å²) in [7, 11) is -3.67. The predicted molar refractivity (Wildman–Crippen MR) is 77.8 cm³/mol. The van der Waals surface area contributed by atoms with Crippen LogP contribution in [0, 0.1) is 0 Å². The summed E-state index contributed by atoms with van der Waals surface area (Å²) in [6.07, 6.45) is 3.75. The first-order valence-electron chi connectivity index (χ1n) is 6.26. The number of anilines is 1. The number of nitrogens with two attached hydrogens (primary N) is 1. The third-order valence-electron chi connectivity index (χ3n) is 2.84. The summed E-state index contributed by atoms with van der Waals surface area (Å²) in [6.45, 7) is 4.68. The van der Waals surface area contributed by atoms with Crippen LogP contribution in [0.2, 0.25) is 0 Å². The molecule has 0 saturated carbocycles. The smallest absolute Gasteiger partial charge is 0.238 e. The normalized spacial score (nSPS) is 11.8. The molecule has 2 rings (SSSR count). The molecule has 6 nitrogen and oxygen atoms in total. The van der Waals surface area contributed by atoms with E-state index < -0.39 is 10.0 Å². The van der Waals surface area contributed by atoms with E-state index in [0.717, 1.165) is 5.56 Å². The Morgan fingerprint density at radius 2 is 2.15 bits per heavy atom. The third-order valence-corrected chi connectivity index (χ3v) is 3.75. The maximum Gasteiger partial charge on any atom is 0.238 e. The van der Waals surface area contributed by atoms with E-state index in [0.29, 0.717) is 18.3 Å². The fraction of sp³-hybridized carbons (Fsp3) is 0.308. The van der Waals surface area contributed by atoms with Crippen molar-refractivity contribution >= 4 is 15.7 Å². The van der Waals surface area contributed by atoms with Gasteiger partial charge in [0.25, 0.3) is 0 Å². The minimum Gasteiger partial charge on any atom is -0.381 e. The third kappa shape index (κ3) is 3.58. The lowest BCUT2D eigenvalue weighted by atomic mass is 10.3. The number of primary sulfonamides is 1. The molecule has 0 aliphatic rings. The van der Waals surface area contributed by atoms with Gasteiger partial charge in [-0.15, -0.1) is 0 Å². The van der Waals surface area contributed by atoms with Crippen molar-refractivity contribution in [2.45, 2.75) is 31.3 Å². The lowest BCUT2D eigenvalue weighted by molar-refractivity contribution is 0.532. The Morgan fingerprint density at radius 3 is 2.75 bits per heavy atom. The summed E-state index contributed by atoms with van der Waals surface area (Å²) < 4.78 is 24.4. The fourth-order valence-electron chi connectivity index (χ4n) is 1.74. The highest BCUT2D eigenvalue weighted by molar-refractivity contribution is 7.89. The van der Waals surface area contributed by atoms with Crippen molar-refractivity contribution in [1.29, 1.82) is 0 Å². The number of nitrogens with zero attached hydrogens (tertiary/aromatic N) is 2. The van der Waals surface area contributed by atoms with Crippen molar-refractivity contribution in [3.63, 3.8) is 0 Å². The molecule has 0 spiro atoms. The maximum absolute atomic E-state index is 11.3. The number of hydrogen-bond donors (Lipinski definition) is 2. The molecule has 1 heterocycles. The van der Waals surface area contributed by atoms with Gasteiger partial charge in [0.05, 0.1) is 11.1 Å². The number of nitrogens with one attached hydrogen (secondary N) is 1. The minimum atomic E-state index is -3.67. The topological polar surface area (TPSA) is 90.0 Å². The van der Waals surface area contributed by atoms with Crippen LogP contribution in [0.4, 0.5) is 5.69 Å². The average molecular weight is 294 g/mol. The van der Waals surface area contributed by atoms with Crippen molar-refractivity contribution in [3.8, 4) is 0 Å². The summed E-state index contributed by atoms with van der Waals surface area (Å²) in [5.74, 6) is 0. The average Bonchev–Trinajstić information content (AvgIpc) is 2.85. The van der Waals surface area contributed by atoms with Crippen LogP contribution in [0.15, 0.2) is 41.6 Å². The standard InChI is InChI=1S/C13H18N4O2S/c1-10(2)17-9-11(8-16-17)7-15-12-4-3-5-13(6-12)20(14,18)19/h3-6,8-10,15H,7H2,1-2H3,(H2,14,18,19). The number of benzene rings is 1. The molecule has 0 aliphatic heterocycles. The van der Waals surface area contributed by atoms with E-state index in [1.807, 2.05) is 10.9 Å². The maximum atomic E-state index is 11.3. The molecular formula is C13H18N4O2S. The van der Waals surface area contributed by atoms with Gasteiger partial charge in [0.2, 0.25) is 10.0 Å². The van der Waals surface area contributed by atoms with Crippen molar-refractivity contribution in [2.24, 2.45) is 5.14 Å². The van der Waals surface area contributed by atoms with Crippen LogP contribution in [-0.2, 0) is 16.6 Å². The predicted octanol–water partition coefficient (Wildman–Crippen LogP) is 1.72. The molecule has 1 aromatic heterocycles. The van der Waals surface area contributed by atoms with Gasteiger partial charge in [-0.1, -0.05) is 6.07 Å². The first-order chi connectivity index (χ1) is 9.36. The van der Waals surface area contributed by atoms with Crippen molar-refractivity contribution in [3.05, 3.63) is 42.2 Å². The highest BCUT2D eigenvalue weighted by Gasteiger charge is 2.08. The van der Waals surface area contributed by atoms with Gasteiger partial charge >= 0.3 is 0 Å². The van der Waals surface area contributed by atoms with E-state index in [9.17, 15) is 8.42 Å². The molecule has 2 aromatic rings. The molecule has 0 fully saturated rings. The molecule has 0 radical (unpaired) electrons. The van der Waals surface area contributed by atoms with E-state index in [1.165, 1.54) is 12.1 Å². The summed E-state index contributed by atoms with van der Waals surface area (Å²) in [5.41, 5.74) is 1.73. The zero-order chi connectivity index (χ0) is 14.8. The Balaban J connectivity index is 2.07. The van der Waals surface area contributed by atoms with Crippen LogP contribution in [0.5, 0.6) is 0 Å². The minimum absolute atomic E-state index is 0.0976. The van der Waals surface area contributed by atoms with Crippen molar-refractivity contribution < 1.29 is 8.42 Å². The lowest BCUT2D eigenvalue weighted by Gasteiger charge is -2.07. The quantitative estimate of drug-likeness (QED) is 0.878. The molecule has 0 aliphatic carbocycles. The van der Waals surface area contributed by atoms with Gasteiger partial charge in [-0.25, -0.2) is 13.6 Å². The molecular weight excluding hydrogens is 276 g/mol. The van der Waals surface area contributed by atoms with E-state index in [4.69, 9.17) is 5.14 Å². The van der Waals surface area contributed by atoms with E-state index in [1.54, 1.807) is 18.3 Å². The first kappa shape index (κ1) is 14.5. The molecule has 0 amide bonds. The summed E-state index contributed by atoms with van der Waals surface area (Å²) in [4.78, 5) is 0.0976. The zero-order valence-electron chi connectivity index (χ0n) is 11.4. The Kier molecular flexibility index (Phi) is 4.10. The second-order valence-electron chi connectivity index (χ2n) is 4.85. The van der Waals surface area contributed by atoms with Crippen LogP contribution in [0.3, 0.4) is 0 Å². The molecule has 3 N–H and O–H groups in total. The summed E-state index contributed by atoms with van der Waals surface area (Å²) in [6, 6.07) is 6.75. The van der Waals surface area contributed by atoms with Crippen LogP contribution in [-0.4, -0.2) is 18.2 Å². The number of aromatic nitrogens is 2. The molecule has 0 saturated heterocycles. The van der Waals surface area contributed by atoms with Gasteiger partial charge in [0.1, 0.15) is 0 Å². The SMILES string of the molecule is CC(C)n1cc(CNc2cccc(S(N)(=O)=O)c2)cn1. The van der Waals surface area contributed by atoms with Crippen LogP contribution < -0.4 is 10.5 Å². The Bertz CT molecular complexity index is 692. The largest absolute Gasteiger partial charge is 0.381 e. The molecule has 7 heteroatoms. The van der Waals surface area contributed by atoms with Crippen molar-refractivity contribution in [1.82, 2.24) is 9.78 Å². The summed E-state index contributed by atoms with van der Waals surface area (Å²) >= 11 is 0. The molecule has 108 valence electrons. The number of rotatable bonds is 5. The number of hydrogen-bond acceptors (Lipinski definition) is 4. The highest BCUT2D eigenvalue weighted by Crippen LogP contribution is 2.15. The van der Waals surface area contributed by atoms with Gasteiger partial charge in [-0.05, 0) is 32.0 Å². The monoisotopic (exact) mass is 294 g/mol. The highest BCUT2D eigenvalue weighted by atomic mass is 32.2. The van der Waals surface area contributed by atoms with Crippen LogP contribution in [0.25, 0.3) is 0 Å². The Hall–Kier alpha value is -1.86. The second kappa shape index (κ2) is 5.64. The van der Waals surface area contributed by atoms with Crippen LogP contribution in [0.1, 0.15) is 25.5 Å². The van der Waals surface area contributed by atoms with Gasteiger partial charge in [0, 0.05) is 30.0 Å².